The predicted molar refractivity (Wildman–Crippen MR) is 122 cm³/mol. The van der Waals surface area contributed by atoms with Crippen molar-refractivity contribution in [1.82, 2.24) is 9.13 Å². The Morgan fingerprint density at radius 1 is 0.833 bits per heavy atom. The average molecular weight is 430 g/mol. The summed E-state index contributed by atoms with van der Waals surface area (Å²) < 4.78 is 13.9. The molecule has 0 saturated carbocycles. The molecule has 0 spiro atoms. The molecule has 160 valence electrons. The van der Waals surface area contributed by atoms with Gasteiger partial charge in [0.15, 0.2) is 11.5 Å². The molecule has 3 aromatic rings. The zero-order valence-electron chi connectivity index (χ0n) is 18.4. The first kappa shape index (κ1) is 23.3. The number of rotatable bonds is 4. The summed E-state index contributed by atoms with van der Waals surface area (Å²) in [4.78, 5) is 17.7. The molecule has 7 heteroatoms. The van der Waals surface area contributed by atoms with Crippen molar-refractivity contribution in [2.45, 2.75) is 20.8 Å². The van der Waals surface area contributed by atoms with Crippen LogP contribution in [0.4, 0.5) is 5.69 Å². The highest BCUT2D eigenvalue weighted by Gasteiger charge is 2.12. The predicted octanol–water partition coefficient (Wildman–Crippen LogP) is 3.99. The van der Waals surface area contributed by atoms with Crippen LogP contribution in [0.5, 0.6) is 11.5 Å². The molecule has 0 atom stereocenters. The standard InChI is InChI=1S/C23H27N3O3.ClH/c1-14-10-15(2)22(16(3)11-14)24-21-13-18(25(4)23(27)26(21)5)17-8-9-19(28-6)20(12-17)29-7;/h8-13H,1-7H3;1H/b24-21-;. The molecule has 1 heterocycles. The van der Waals surface area contributed by atoms with E-state index in [1.165, 1.54) is 5.56 Å². The van der Waals surface area contributed by atoms with Crippen molar-refractivity contribution in [2.24, 2.45) is 19.1 Å². The highest BCUT2D eigenvalue weighted by molar-refractivity contribution is 5.85. The van der Waals surface area contributed by atoms with Gasteiger partial charge >= 0.3 is 5.69 Å². The molecule has 2 aromatic carbocycles. The maximum absolute atomic E-state index is 12.9. The second kappa shape index (κ2) is 9.22. The first-order chi connectivity index (χ1) is 13.8. The molecule has 0 radical (unpaired) electrons. The van der Waals surface area contributed by atoms with Crippen LogP contribution in [0.15, 0.2) is 46.2 Å². The van der Waals surface area contributed by atoms with Crippen molar-refractivity contribution >= 4 is 18.1 Å². The van der Waals surface area contributed by atoms with E-state index in [1.54, 1.807) is 37.4 Å². The molecule has 3 rings (SSSR count). The maximum Gasteiger partial charge on any atom is 0.329 e. The third kappa shape index (κ3) is 4.28. The van der Waals surface area contributed by atoms with Gasteiger partial charge in [-0.15, -0.1) is 12.4 Å². The summed E-state index contributed by atoms with van der Waals surface area (Å²) >= 11 is 0. The first-order valence-electron chi connectivity index (χ1n) is 9.39. The van der Waals surface area contributed by atoms with Crippen LogP contribution in [0.25, 0.3) is 11.3 Å². The summed E-state index contributed by atoms with van der Waals surface area (Å²) in [5.74, 6) is 1.24. The lowest BCUT2D eigenvalue weighted by Crippen LogP contribution is -2.37. The molecule has 0 fully saturated rings. The quantitative estimate of drug-likeness (QED) is 0.630. The number of benzene rings is 2. The highest BCUT2D eigenvalue weighted by atomic mass is 35.5. The zero-order chi connectivity index (χ0) is 21.3. The minimum Gasteiger partial charge on any atom is -0.493 e. The van der Waals surface area contributed by atoms with Gasteiger partial charge in [-0.1, -0.05) is 17.7 Å². The number of methoxy groups -OCH3 is 2. The molecule has 0 aliphatic rings. The average Bonchev–Trinajstić information content (AvgIpc) is 2.69. The zero-order valence-corrected chi connectivity index (χ0v) is 19.3. The smallest absolute Gasteiger partial charge is 0.329 e. The minimum atomic E-state index is -0.154. The van der Waals surface area contributed by atoms with Crippen LogP contribution < -0.4 is 20.7 Å². The van der Waals surface area contributed by atoms with Gasteiger partial charge in [-0.2, -0.15) is 0 Å². The number of nitrogens with zero attached hydrogens (tertiary/aromatic N) is 3. The number of hydrogen-bond donors (Lipinski definition) is 0. The van der Waals surface area contributed by atoms with Gasteiger partial charge in [-0.25, -0.2) is 9.79 Å². The Labute approximate surface area is 182 Å². The van der Waals surface area contributed by atoms with E-state index in [0.717, 1.165) is 28.1 Å². The molecule has 0 amide bonds. The Kier molecular flexibility index (Phi) is 7.16. The lowest BCUT2D eigenvalue weighted by atomic mass is 10.1. The largest absolute Gasteiger partial charge is 0.493 e. The molecule has 6 nitrogen and oxygen atoms in total. The van der Waals surface area contributed by atoms with E-state index in [9.17, 15) is 4.79 Å². The van der Waals surface area contributed by atoms with Gasteiger partial charge < -0.3 is 9.47 Å². The molecule has 0 aliphatic heterocycles. The van der Waals surface area contributed by atoms with E-state index in [1.807, 2.05) is 38.1 Å². The summed E-state index contributed by atoms with van der Waals surface area (Å²) in [7, 11) is 6.67. The summed E-state index contributed by atoms with van der Waals surface area (Å²) in [5, 5.41) is 0. The number of aromatic nitrogens is 2. The fraction of sp³-hybridized carbons (Fsp3) is 0.304. The third-order valence-corrected chi connectivity index (χ3v) is 5.09. The third-order valence-electron chi connectivity index (χ3n) is 5.09. The lowest BCUT2D eigenvalue weighted by Gasteiger charge is -2.14. The van der Waals surface area contributed by atoms with Crippen LogP contribution in [-0.4, -0.2) is 23.4 Å². The summed E-state index contributed by atoms with van der Waals surface area (Å²) in [6.07, 6.45) is 0. The van der Waals surface area contributed by atoms with Crippen LogP contribution in [0.2, 0.25) is 0 Å². The Balaban J connectivity index is 0.00000320. The molecule has 0 saturated heterocycles. The second-order valence-electron chi connectivity index (χ2n) is 7.22. The van der Waals surface area contributed by atoms with Crippen LogP contribution in [0.3, 0.4) is 0 Å². The molecular weight excluding hydrogens is 402 g/mol. The first-order valence-corrected chi connectivity index (χ1v) is 9.39. The number of halogens is 1. The fourth-order valence-corrected chi connectivity index (χ4v) is 3.59. The van der Waals surface area contributed by atoms with Crippen molar-refractivity contribution < 1.29 is 9.47 Å². The van der Waals surface area contributed by atoms with E-state index in [-0.39, 0.29) is 18.1 Å². The molecule has 0 aliphatic carbocycles. The van der Waals surface area contributed by atoms with Crippen LogP contribution in [-0.2, 0) is 14.1 Å². The van der Waals surface area contributed by atoms with Crippen molar-refractivity contribution in [1.29, 1.82) is 0 Å². The summed E-state index contributed by atoms with van der Waals surface area (Å²) in [6.45, 7) is 6.14. The van der Waals surface area contributed by atoms with E-state index < -0.39 is 0 Å². The second-order valence-corrected chi connectivity index (χ2v) is 7.22. The van der Waals surface area contributed by atoms with Crippen molar-refractivity contribution in [2.75, 3.05) is 14.2 Å². The van der Waals surface area contributed by atoms with Gasteiger partial charge in [-0.05, 0) is 50.1 Å². The molecule has 0 unspecified atom stereocenters. The van der Waals surface area contributed by atoms with Crippen LogP contribution >= 0.6 is 12.4 Å². The molecular formula is C23H28ClN3O3. The number of aryl methyl sites for hydroxylation is 3. The summed E-state index contributed by atoms with van der Waals surface area (Å²) in [5.41, 5.74) is 6.26. The van der Waals surface area contributed by atoms with Crippen LogP contribution in [0, 0.1) is 20.8 Å². The molecule has 0 bridgehead atoms. The molecule has 0 N–H and O–H groups in total. The van der Waals surface area contributed by atoms with Crippen LogP contribution in [0.1, 0.15) is 16.7 Å². The normalized spacial score (nSPS) is 11.2. The van der Waals surface area contributed by atoms with Gasteiger partial charge in [0.25, 0.3) is 0 Å². The van der Waals surface area contributed by atoms with Gasteiger partial charge in [0.1, 0.15) is 5.49 Å². The van der Waals surface area contributed by atoms with E-state index in [2.05, 4.69) is 19.1 Å². The van der Waals surface area contributed by atoms with E-state index >= 15 is 0 Å². The van der Waals surface area contributed by atoms with Gasteiger partial charge in [0, 0.05) is 25.7 Å². The van der Waals surface area contributed by atoms with E-state index in [0.29, 0.717) is 17.0 Å². The Hall–Kier alpha value is -2.99. The summed E-state index contributed by atoms with van der Waals surface area (Å²) in [6, 6.07) is 11.7. The van der Waals surface area contributed by atoms with Crippen molar-refractivity contribution in [3.63, 3.8) is 0 Å². The van der Waals surface area contributed by atoms with Crippen molar-refractivity contribution in [3.05, 3.63) is 69.1 Å². The number of hydrogen-bond acceptors (Lipinski definition) is 4. The van der Waals surface area contributed by atoms with Crippen molar-refractivity contribution in [3.8, 4) is 22.8 Å². The van der Waals surface area contributed by atoms with Gasteiger partial charge in [-0.3, -0.25) is 9.13 Å². The Bertz CT molecular complexity index is 1190. The topological polar surface area (TPSA) is 57.8 Å². The monoisotopic (exact) mass is 429 g/mol. The SMILES string of the molecule is COc1ccc(-c2c/c(=N/c3c(C)cc(C)cc3C)n(C)c(=O)n2C)cc1OC.Cl. The maximum atomic E-state index is 12.9. The number of ether oxygens (including phenoxy) is 2. The van der Waals surface area contributed by atoms with Gasteiger partial charge in [0.05, 0.1) is 25.6 Å². The lowest BCUT2D eigenvalue weighted by molar-refractivity contribution is 0.355. The molecule has 30 heavy (non-hydrogen) atoms. The highest BCUT2D eigenvalue weighted by Crippen LogP contribution is 2.31. The Morgan fingerprint density at radius 2 is 1.43 bits per heavy atom. The fourth-order valence-electron chi connectivity index (χ4n) is 3.59. The minimum absolute atomic E-state index is 0. The Morgan fingerprint density at radius 3 is 2.00 bits per heavy atom. The van der Waals surface area contributed by atoms with E-state index in [4.69, 9.17) is 14.5 Å². The molecule has 1 aromatic heterocycles. The van der Waals surface area contributed by atoms with Gasteiger partial charge in [0.2, 0.25) is 0 Å².